The number of nitrogens with one attached hydrogen (secondary N) is 1. The predicted molar refractivity (Wildman–Crippen MR) is 81.9 cm³/mol. The number of carbonyl (C=O) groups excluding carboxylic acids is 1. The Morgan fingerprint density at radius 3 is 1.90 bits per heavy atom. The smallest absolute Gasteiger partial charge is 0.315 e. The molecule has 20 heavy (non-hydrogen) atoms. The van der Waals surface area contributed by atoms with Crippen LogP contribution < -0.4 is 5.32 Å². The van der Waals surface area contributed by atoms with Gasteiger partial charge in [0.1, 0.15) is 11.7 Å². The highest BCUT2D eigenvalue weighted by Gasteiger charge is 2.24. The van der Waals surface area contributed by atoms with Gasteiger partial charge in [-0.2, -0.15) is 0 Å². The molecule has 0 fully saturated rings. The zero-order valence-electron chi connectivity index (χ0n) is 13.1. The molecule has 1 unspecified atom stereocenters. The molecule has 118 valence electrons. The Labute approximate surface area is 123 Å². The third kappa shape index (κ3) is 9.96. The summed E-state index contributed by atoms with van der Waals surface area (Å²) in [6.45, 7) is 2.45. The number of carboxylic acid groups (broad SMARTS) is 1. The molecule has 0 aromatic carbocycles. The Kier molecular flexibility index (Phi) is 12.5. The van der Waals surface area contributed by atoms with E-state index < -0.39 is 11.9 Å². The van der Waals surface area contributed by atoms with Crippen LogP contribution in [-0.2, 0) is 9.59 Å². The first-order valence-electron chi connectivity index (χ1n) is 8.03. The summed E-state index contributed by atoms with van der Waals surface area (Å²) < 4.78 is 0. The average Bonchev–Trinajstić information content (AvgIpc) is 2.42. The average molecular weight is 285 g/mol. The summed E-state index contributed by atoms with van der Waals surface area (Å²) in [4.78, 5) is 22.7. The van der Waals surface area contributed by atoms with E-state index in [9.17, 15) is 9.59 Å². The van der Waals surface area contributed by atoms with Crippen molar-refractivity contribution in [3.05, 3.63) is 0 Å². The van der Waals surface area contributed by atoms with E-state index in [1.165, 1.54) is 38.5 Å². The standard InChI is InChI=1S/C16H31NO3/c1-3-4-5-6-7-8-9-10-11-12-15(18)14(13-17-2)16(19)20/h14,17H,3-13H2,1-2H3,(H,19,20). The maximum atomic E-state index is 11.8. The Morgan fingerprint density at radius 2 is 1.45 bits per heavy atom. The van der Waals surface area contributed by atoms with Crippen LogP contribution in [0, 0.1) is 5.92 Å². The molecule has 1 atom stereocenters. The van der Waals surface area contributed by atoms with Crippen LogP contribution in [0.5, 0.6) is 0 Å². The summed E-state index contributed by atoms with van der Waals surface area (Å²) >= 11 is 0. The number of hydrogen-bond acceptors (Lipinski definition) is 3. The number of unbranched alkanes of at least 4 members (excludes halogenated alkanes) is 8. The molecule has 0 aliphatic carbocycles. The van der Waals surface area contributed by atoms with Crippen molar-refractivity contribution in [2.45, 2.75) is 71.1 Å². The largest absolute Gasteiger partial charge is 0.481 e. The van der Waals surface area contributed by atoms with E-state index in [1.807, 2.05) is 0 Å². The Balaban J connectivity index is 3.53. The first kappa shape index (κ1) is 19.1. The number of carboxylic acids is 1. The molecule has 0 aromatic rings. The van der Waals surface area contributed by atoms with Gasteiger partial charge in [0.15, 0.2) is 0 Å². The summed E-state index contributed by atoms with van der Waals surface area (Å²) in [6.07, 6.45) is 11.2. The first-order valence-corrected chi connectivity index (χ1v) is 8.03. The SMILES string of the molecule is CCCCCCCCCCCC(=O)C(CNC)C(=O)O. The predicted octanol–water partition coefficient (Wildman–Crippen LogP) is 3.40. The molecule has 0 saturated carbocycles. The van der Waals surface area contributed by atoms with Gasteiger partial charge in [0, 0.05) is 13.0 Å². The highest BCUT2D eigenvalue weighted by molar-refractivity contribution is 5.98. The second-order valence-corrected chi connectivity index (χ2v) is 5.49. The Morgan fingerprint density at radius 1 is 0.950 bits per heavy atom. The maximum Gasteiger partial charge on any atom is 0.315 e. The third-order valence-electron chi connectivity index (χ3n) is 3.62. The molecule has 0 saturated heterocycles. The van der Waals surface area contributed by atoms with Crippen molar-refractivity contribution in [3.8, 4) is 0 Å². The minimum absolute atomic E-state index is 0.144. The van der Waals surface area contributed by atoms with E-state index in [2.05, 4.69) is 12.2 Å². The van der Waals surface area contributed by atoms with E-state index in [0.29, 0.717) is 6.42 Å². The Bertz CT molecular complexity index is 266. The number of rotatable bonds is 14. The van der Waals surface area contributed by atoms with Gasteiger partial charge < -0.3 is 10.4 Å². The summed E-state index contributed by atoms with van der Waals surface area (Å²) in [5.74, 6) is -2.04. The highest BCUT2D eigenvalue weighted by atomic mass is 16.4. The van der Waals surface area contributed by atoms with E-state index in [-0.39, 0.29) is 12.3 Å². The molecular weight excluding hydrogens is 254 g/mol. The van der Waals surface area contributed by atoms with Crippen molar-refractivity contribution in [1.29, 1.82) is 0 Å². The van der Waals surface area contributed by atoms with Crippen molar-refractivity contribution < 1.29 is 14.7 Å². The summed E-state index contributed by atoms with van der Waals surface area (Å²) in [5.41, 5.74) is 0. The zero-order chi connectivity index (χ0) is 15.2. The number of aliphatic carboxylic acids is 1. The maximum absolute atomic E-state index is 11.8. The summed E-state index contributed by atoms with van der Waals surface area (Å²) in [6, 6.07) is 0. The fourth-order valence-electron chi connectivity index (χ4n) is 2.33. The van der Waals surface area contributed by atoms with Crippen LogP contribution >= 0.6 is 0 Å². The lowest BCUT2D eigenvalue weighted by Gasteiger charge is -2.10. The van der Waals surface area contributed by atoms with Gasteiger partial charge >= 0.3 is 5.97 Å². The molecule has 0 aromatic heterocycles. The zero-order valence-corrected chi connectivity index (χ0v) is 13.1. The lowest BCUT2D eigenvalue weighted by atomic mass is 9.98. The molecule has 4 heteroatoms. The van der Waals surface area contributed by atoms with E-state index >= 15 is 0 Å². The normalized spacial score (nSPS) is 12.3. The van der Waals surface area contributed by atoms with Gasteiger partial charge in [-0.05, 0) is 13.5 Å². The van der Waals surface area contributed by atoms with Crippen molar-refractivity contribution in [2.24, 2.45) is 5.92 Å². The minimum atomic E-state index is -1.01. The van der Waals surface area contributed by atoms with Crippen LogP contribution in [0.2, 0.25) is 0 Å². The van der Waals surface area contributed by atoms with Crippen LogP contribution in [-0.4, -0.2) is 30.5 Å². The monoisotopic (exact) mass is 285 g/mol. The number of ketones is 1. The van der Waals surface area contributed by atoms with Crippen molar-refractivity contribution in [1.82, 2.24) is 5.32 Å². The second kappa shape index (κ2) is 13.1. The minimum Gasteiger partial charge on any atom is -0.481 e. The highest BCUT2D eigenvalue weighted by Crippen LogP contribution is 2.12. The molecular formula is C16H31NO3. The summed E-state index contributed by atoms with van der Waals surface area (Å²) in [7, 11) is 1.67. The molecule has 4 nitrogen and oxygen atoms in total. The molecule has 2 N–H and O–H groups in total. The van der Waals surface area contributed by atoms with Gasteiger partial charge in [-0.25, -0.2) is 0 Å². The quantitative estimate of drug-likeness (QED) is 0.379. The lowest BCUT2D eigenvalue weighted by molar-refractivity contribution is -0.146. The van der Waals surface area contributed by atoms with Gasteiger partial charge in [-0.15, -0.1) is 0 Å². The topological polar surface area (TPSA) is 66.4 Å². The van der Waals surface area contributed by atoms with Crippen LogP contribution in [0.25, 0.3) is 0 Å². The van der Waals surface area contributed by atoms with Crippen molar-refractivity contribution in [2.75, 3.05) is 13.6 Å². The lowest BCUT2D eigenvalue weighted by Crippen LogP contribution is -2.32. The summed E-state index contributed by atoms with van der Waals surface area (Å²) in [5, 5.41) is 11.7. The number of carbonyl (C=O) groups is 2. The van der Waals surface area contributed by atoms with Crippen LogP contribution in [0.15, 0.2) is 0 Å². The third-order valence-corrected chi connectivity index (χ3v) is 3.62. The van der Waals surface area contributed by atoms with Gasteiger partial charge in [-0.1, -0.05) is 58.3 Å². The van der Waals surface area contributed by atoms with Gasteiger partial charge in [0.2, 0.25) is 0 Å². The van der Waals surface area contributed by atoms with E-state index in [1.54, 1.807) is 7.05 Å². The first-order chi connectivity index (χ1) is 9.63. The molecule has 0 bridgehead atoms. The molecule has 0 heterocycles. The van der Waals surface area contributed by atoms with E-state index in [0.717, 1.165) is 19.3 Å². The van der Waals surface area contributed by atoms with Crippen molar-refractivity contribution in [3.63, 3.8) is 0 Å². The Hall–Kier alpha value is -0.900. The van der Waals surface area contributed by atoms with Crippen LogP contribution in [0.4, 0.5) is 0 Å². The van der Waals surface area contributed by atoms with Crippen LogP contribution in [0.3, 0.4) is 0 Å². The molecule has 0 aliphatic rings. The molecule has 0 spiro atoms. The van der Waals surface area contributed by atoms with Gasteiger partial charge in [0.05, 0.1) is 0 Å². The van der Waals surface area contributed by atoms with Crippen molar-refractivity contribution >= 4 is 11.8 Å². The molecule has 0 aliphatic heterocycles. The van der Waals surface area contributed by atoms with E-state index in [4.69, 9.17) is 5.11 Å². The van der Waals surface area contributed by atoms with Gasteiger partial charge in [0.25, 0.3) is 0 Å². The van der Waals surface area contributed by atoms with Gasteiger partial charge in [-0.3, -0.25) is 9.59 Å². The molecule has 0 amide bonds. The fourth-order valence-corrected chi connectivity index (χ4v) is 2.33. The van der Waals surface area contributed by atoms with Crippen LogP contribution in [0.1, 0.15) is 71.1 Å². The molecule has 0 rings (SSSR count). The number of hydrogen-bond donors (Lipinski definition) is 2. The molecule has 0 radical (unpaired) electrons. The number of Topliss-reactive ketones (excluding diaryl/α,β-unsaturated/α-hetero) is 1. The second-order valence-electron chi connectivity index (χ2n) is 5.49. The fraction of sp³-hybridized carbons (Fsp3) is 0.875.